The molecule has 0 saturated carbocycles. The molecule has 6 nitrogen and oxygen atoms in total. The van der Waals surface area contributed by atoms with Gasteiger partial charge in [-0.3, -0.25) is 4.57 Å². The monoisotopic (exact) mass is 868 g/mol. The first kappa shape index (κ1) is 38.1. The Hall–Kier alpha value is -9.26. The molecule has 0 atom stereocenters. The average molecular weight is 869 g/mol. The van der Waals surface area contributed by atoms with Gasteiger partial charge in [-0.05, 0) is 78.4 Å². The maximum atomic E-state index is 4.97. The van der Waals surface area contributed by atoms with Crippen molar-refractivity contribution in [2.24, 2.45) is 0 Å². The number of para-hydroxylation sites is 6. The van der Waals surface area contributed by atoms with E-state index < -0.39 is 0 Å². The summed E-state index contributed by atoms with van der Waals surface area (Å²) in [6.45, 7) is 0. The summed E-state index contributed by atoms with van der Waals surface area (Å²) < 4.78 is 9.51. The molecule has 0 amide bonds. The molecule has 318 valence electrons. The van der Waals surface area contributed by atoms with E-state index in [9.17, 15) is 0 Å². The van der Waals surface area contributed by atoms with Crippen LogP contribution in [0.25, 0.3) is 122 Å². The van der Waals surface area contributed by atoms with Crippen LogP contribution in [0, 0.1) is 0 Å². The fourth-order valence-electron chi connectivity index (χ4n) is 10.9. The maximum Gasteiger partial charge on any atom is 0.169 e. The zero-order valence-corrected chi connectivity index (χ0v) is 36.8. The van der Waals surface area contributed by atoms with Crippen LogP contribution >= 0.6 is 0 Å². The minimum atomic E-state index is 0.789. The van der Waals surface area contributed by atoms with Crippen molar-refractivity contribution in [3.05, 3.63) is 243 Å². The van der Waals surface area contributed by atoms with E-state index in [0.717, 1.165) is 84.0 Å². The van der Waals surface area contributed by atoms with E-state index in [0.29, 0.717) is 0 Å². The molecule has 0 aliphatic carbocycles. The predicted octanol–water partition coefficient (Wildman–Crippen LogP) is 15.6. The predicted molar refractivity (Wildman–Crippen MR) is 281 cm³/mol. The van der Waals surface area contributed by atoms with Crippen LogP contribution in [0.4, 0.5) is 0 Å². The molecule has 0 bridgehead atoms. The third-order valence-electron chi connectivity index (χ3n) is 13.7. The molecule has 0 aliphatic heterocycles. The van der Waals surface area contributed by atoms with Crippen LogP contribution in [-0.2, 0) is 0 Å². The molecule has 0 aliphatic rings. The fourth-order valence-corrected chi connectivity index (χ4v) is 10.9. The lowest BCUT2D eigenvalue weighted by Gasteiger charge is -2.16. The molecule has 14 rings (SSSR count). The number of fused-ring (bicyclic) bond motifs is 10. The topological polar surface area (TPSA) is 45.5 Å². The molecule has 6 heteroatoms. The zero-order valence-electron chi connectivity index (χ0n) is 36.8. The Balaban J connectivity index is 0.976. The normalized spacial score (nSPS) is 11.8. The van der Waals surface area contributed by atoms with Crippen molar-refractivity contribution in [2.75, 3.05) is 0 Å². The van der Waals surface area contributed by atoms with E-state index in [2.05, 4.69) is 237 Å². The number of aromatic nitrogens is 6. The fraction of sp³-hybridized carbons (Fsp3) is 0. The van der Waals surface area contributed by atoms with E-state index in [1.807, 2.05) is 24.3 Å². The van der Waals surface area contributed by atoms with Crippen molar-refractivity contribution in [3.8, 4) is 56.7 Å². The number of hydrogen-bond acceptors (Lipinski definition) is 2. The Morgan fingerprint density at radius 3 is 1.51 bits per heavy atom. The van der Waals surface area contributed by atoms with Crippen molar-refractivity contribution in [3.63, 3.8) is 0 Å². The van der Waals surface area contributed by atoms with Gasteiger partial charge in [0.05, 0.1) is 38.8 Å². The van der Waals surface area contributed by atoms with Gasteiger partial charge in [0, 0.05) is 66.1 Å². The summed E-state index contributed by atoms with van der Waals surface area (Å²) in [6, 6.07) is 86.9. The first-order valence-electron chi connectivity index (χ1n) is 23.1. The second kappa shape index (κ2) is 15.2. The smallest absolute Gasteiger partial charge is 0.169 e. The summed E-state index contributed by atoms with van der Waals surface area (Å²) in [6.07, 6.45) is 0. The molecule has 14 aromatic rings. The highest BCUT2D eigenvalue weighted by Crippen LogP contribution is 2.44. The summed E-state index contributed by atoms with van der Waals surface area (Å²) in [5.41, 5.74) is 15.6. The quantitative estimate of drug-likeness (QED) is 0.160. The Bertz CT molecular complexity index is 4250. The van der Waals surface area contributed by atoms with Gasteiger partial charge < -0.3 is 13.7 Å². The third-order valence-corrected chi connectivity index (χ3v) is 13.7. The van der Waals surface area contributed by atoms with Crippen LogP contribution in [0.3, 0.4) is 0 Å². The standard InChI is InChI=1S/C62H40N6/c1-4-20-41(21-5-1)61-63-64-62(67(61)44-25-8-3-9-26-44)51-32-19-37-56-58(51)49-30-12-17-36-55(49)68(56)52-33-14-10-28-46(52)42-22-18-27-45(40-42)65-54-35-16-13-31-50(54)59-57(65)39-38-48-47-29-11-15-34-53(47)66(60(48)59)43-23-6-2-7-24-43/h1-40H. The van der Waals surface area contributed by atoms with Gasteiger partial charge in [0.1, 0.15) is 0 Å². The van der Waals surface area contributed by atoms with Crippen molar-refractivity contribution in [1.29, 1.82) is 0 Å². The molecule has 0 saturated heterocycles. The summed E-state index contributed by atoms with van der Waals surface area (Å²) in [5.74, 6) is 1.58. The van der Waals surface area contributed by atoms with Crippen LogP contribution in [0.15, 0.2) is 243 Å². The zero-order chi connectivity index (χ0) is 44.7. The second-order valence-corrected chi connectivity index (χ2v) is 17.4. The van der Waals surface area contributed by atoms with Crippen LogP contribution in [0.2, 0.25) is 0 Å². The van der Waals surface area contributed by atoms with Gasteiger partial charge in [-0.15, -0.1) is 10.2 Å². The highest BCUT2D eigenvalue weighted by atomic mass is 15.3. The molecule has 10 aromatic carbocycles. The molecule has 4 aromatic heterocycles. The van der Waals surface area contributed by atoms with Crippen LogP contribution < -0.4 is 0 Å². The van der Waals surface area contributed by atoms with E-state index in [1.165, 1.54) is 38.1 Å². The van der Waals surface area contributed by atoms with E-state index in [1.54, 1.807) is 0 Å². The van der Waals surface area contributed by atoms with Gasteiger partial charge >= 0.3 is 0 Å². The van der Waals surface area contributed by atoms with Crippen LogP contribution in [-0.4, -0.2) is 28.5 Å². The van der Waals surface area contributed by atoms with Crippen LogP contribution in [0.5, 0.6) is 0 Å². The Kier molecular flexibility index (Phi) is 8.48. The Labute approximate surface area is 391 Å². The average Bonchev–Trinajstić information content (AvgIpc) is 4.18. The molecule has 0 N–H and O–H groups in total. The number of nitrogens with zero attached hydrogens (tertiary/aromatic N) is 6. The summed E-state index contributed by atoms with van der Waals surface area (Å²) in [7, 11) is 0. The molecule has 0 spiro atoms. The largest absolute Gasteiger partial charge is 0.309 e. The van der Waals surface area contributed by atoms with Gasteiger partial charge in [0.2, 0.25) is 0 Å². The van der Waals surface area contributed by atoms with E-state index in [-0.39, 0.29) is 0 Å². The minimum absolute atomic E-state index is 0.789. The third kappa shape index (κ3) is 5.64. The van der Waals surface area contributed by atoms with Crippen molar-refractivity contribution in [2.45, 2.75) is 0 Å². The minimum Gasteiger partial charge on any atom is -0.309 e. The number of hydrogen-bond donors (Lipinski definition) is 0. The van der Waals surface area contributed by atoms with Crippen molar-refractivity contribution >= 4 is 65.4 Å². The molecular weight excluding hydrogens is 829 g/mol. The van der Waals surface area contributed by atoms with E-state index in [4.69, 9.17) is 10.2 Å². The van der Waals surface area contributed by atoms with Crippen LogP contribution in [0.1, 0.15) is 0 Å². The molecule has 4 heterocycles. The van der Waals surface area contributed by atoms with Gasteiger partial charge in [0.15, 0.2) is 11.6 Å². The van der Waals surface area contributed by atoms with Gasteiger partial charge in [-0.1, -0.05) is 170 Å². The lowest BCUT2D eigenvalue weighted by atomic mass is 10.0. The first-order chi connectivity index (χ1) is 33.8. The van der Waals surface area contributed by atoms with Gasteiger partial charge in [0.25, 0.3) is 0 Å². The van der Waals surface area contributed by atoms with E-state index >= 15 is 0 Å². The number of benzene rings is 10. The highest BCUT2D eigenvalue weighted by molar-refractivity contribution is 6.26. The van der Waals surface area contributed by atoms with Gasteiger partial charge in [-0.25, -0.2) is 0 Å². The van der Waals surface area contributed by atoms with Gasteiger partial charge in [-0.2, -0.15) is 0 Å². The Morgan fingerprint density at radius 2 is 0.765 bits per heavy atom. The number of rotatable bonds is 7. The van der Waals surface area contributed by atoms with Crippen molar-refractivity contribution in [1.82, 2.24) is 28.5 Å². The first-order valence-corrected chi connectivity index (χ1v) is 23.1. The lowest BCUT2D eigenvalue weighted by Crippen LogP contribution is -2.01. The lowest BCUT2D eigenvalue weighted by molar-refractivity contribution is 1.07. The molecule has 0 radical (unpaired) electrons. The molecule has 0 unspecified atom stereocenters. The highest BCUT2D eigenvalue weighted by Gasteiger charge is 2.25. The summed E-state index contributed by atoms with van der Waals surface area (Å²) in [4.78, 5) is 0. The summed E-state index contributed by atoms with van der Waals surface area (Å²) >= 11 is 0. The molecule has 0 fully saturated rings. The maximum absolute atomic E-state index is 4.97. The Morgan fingerprint density at radius 1 is 0.265 bits per heavy atom. The SMILES string of the molecule is c1ccc(-c2nnc(-c3cccc4c3c3ccccc3n4-c3ccccc3-c3cccc(-n4c5ccccc5c5c4ccc4c6ccccc6n(-c6ccccc6)c45)c3)n2-c2ccccc2)cc1. The molecular formula is C62H40N6. The summed E-state index contributed by atoms with van der Waals surface area (Å²) in [5, 5.41) is 17.1. The second-order valence-electron chi connectivity index (χ2n) is 17.4. The van der Waals surface area contributed by atoms with Crippen molar-refractivity contribution < 1.29 is 0 Å². The molecule has 68 heavy (non-hydrogen) atoms.